The van der Waals surface area contributed by atoms with E-state index in [9.17, 15) is 19.2 Å². The summed E-state index contributed by atoms with van der Waals surface area (Å²) in [5.41, 5.74) is 8.15. The summed E-state index contributed by atoms with van der Waals surface area (Å²) in [6.07, 6.45) is 9.55. The van der Waals surface area contributed by atoms with E-state index in [2.05, 4.69) is 82.4 Å². The number of hydrogen-bond acceptors (Lipinski definition) is 12. The molecule has 0 spiro atoms. The minimum atomic E-state index is -0.261. The number of carbonyl (C=O) groups excluding carboxylic acids is 4. The SMILES string of the molecule is C.CCOc1ccc(COC(=O)CCCOc2cccc(CN(CCCCc3ccccc3)C(=O)Nc3ccccc3)c2)cc1.CCOc1ccc(COC(=O)CCCOc2cccc(CNCCCCc3ccccc3)c2)cc1.O=C=Nc1ccccc1. The zero-order valence-corrected chi connectivity index (χ0v) is 50.9. The molecule has 8 aromatic carbocycles. The van der Waals surface area contributed by atoms with Crippen LogP contribution in [0, 0.1) is 0 Å². The first-order valence-corrected chi connectivity index (χ1v) is 30.5. The largest absolute Gasteiger partial charge is 0.494 e. The minimum Gasteiger partial charge on any atom is -0.494 e. The van der Waals surface area contributed by atoms with Crippen LogP contribution in [-0.2, 0) is 63.0 Å². The zero-order chi connectivity index (χ0) is 61.9. The molecule has 2 N–H and O–H groups in total. The molecule has 0 aliphatic rings. The van der Waals surface area contributed by atoms with Gasteiger partial charge in [-0.3, -0.25) is 9.59 Å². The molecule has 89 heavy (non-hydrogen) atoms. The van der Waals surface area contributed by atoms with Crippen molar-refractivity contribution in [1.29, 1.82) is 0 Å². The molecule has 0 atom stereocenters. The highest BCUT2D eigenvalue weighted by molar-refractivity contribution is 5.89. The summed E-state index contributed by atoms with van der Waals surface area (Å²) in [5.74, 6) is 2.68. The van der Waals surface area contributed by atoms with E-state index in [0.717, 1.165) is 84.8 Å². The van der Waals surface area contributed by atoms with E-state index in [4.69, 9.17) is 28.4 Å². The first-order chi connectivity index (χ1) is 43.2. The van der Waals surface area contributed by atoms with E-state index in [1.807, 2.05) is 158 Å². The molecule has 0 saturated heterocycles. The third-order valence-electron chi connectivity index (χ3n) is 13.5. The quantitative estimate of drug-likeness (QED) is 0.0171. The number of isocyanates is 1. The van der Waals surface area contributed by atoms with Crippen LogP contribution in [0.5, 0.6) is 23.0 Å². The maximum absolute atomic E-state index is 13.3. The molecule has 0 bridgehead atoms. The summed E-state index contributed by atoms with van der Waals surface area (Å²) in [6.45, 7) is 9.41. The smallest absolute Gasteiger partial charge is 0.322 e. The lowest BCUT2D eigenvalue weighted by molar-refractivity contribution is -0.146. The molecule has 2 amide bonds. The van der Waals surface area contributed by atoms with Crippen molar-refractivity contribution in [3.63, 3.8) is 0 Å². The molecule has 0 aromatic heterocycles. The highest BCUT2D eigenvalue weighted by atomic mass is 16.5. The number of rotatable bonds is 34. The van der Waals surface area contributed by atoms with Crippen LogP contribution < -0.4 is 29.6 Å². The second-order valence-corrected chi connectivity index (χ2v) is 20.5. The van der Waals surface area contributed by atoms with E-state index in [0.29, 0.717) is 70.2 Å². The minimum absolute atomic E-state index is 0. The molecule has 14 heteroatoms. The van der Waals surface area contributed by atoms with Crippen LogP contribution in [0.3, 0.4) is 0 Å². The van der Waals surface area contributed by atoms with E-state index in [1.54, 1.807) is 12.1 Å². The molecule has 0 aliphatic carbocycles. The van der Waals surface area contributed by atoms with Crippen LogP contribution in [0.1, 0.15) is 106 Å². The summed E-state index contributed by atoms with van der Waals surface area (Å²) in [7, 11) is 0. The third kappa shape index (κ3) is 30.1. The molecule has 0 saturated carbocycles. The zero-order valence-electron chi connectivity index (χ0n) is 50.9. The number of anilines is 1. The second-order valence-electron chi connectivity index (χ2n) is 20.5. The van der Waals surface area contributed by atoms with Crippen LogP contribution in [0.15, 0.2) is 223 Å². The Morgan fingerprint density at radius 3 is 1.43 bits per heavy atom. The number of aryl methyl sites for hydroxylation is 2. The van der Waals surface area contributed by atoms with E-state index in [1.165, 1.54) is 29.2 Å². The first kappa shape index (κ1) is 70.3. The second kappa shape index (κ2) is 43.2. The van der Waals surface area contributed by atoms with Gasteiger partial charge in [-0.25, -0.2) is 9.59 Å². The summed E-state index contributed by atoms with van der Waals surface area (Å²) in [5, 5.41) is 6.53. The Kier molecular flexibility index (Phi) is 34.1. The molecular weight excluding hydrogens is 1120 g/mol. The van der Waals surface area contributed by atoms with Crippen molar-refractivity contribution in [3.05, 3.63) is 252 Å². The van der Waals surface area contributed by atoms with Gasteiger partial charge in [0.1, 0.15) is 36.2 Å². The van der Waals surface area contributed by atoms with Crippen molar-refractivity contribution in [2.45, 2.75) is 112 Å². The number of para-hydroxylation sites is 2. The van der Waals surface area contributed by atoms with E-state index >= 15 is 0 Å². The number of hydrogen-bond donors (Lipinski definition) is 2. The van der Waals surface area contributed by atoms with Crippen molar-refractivity contribution >= 4 is 35.4 Å². The number of ether oxygens (including phenoxy) is 6. The number of amides is 2. The van der Waals surface area contributed by atoms with Crippen molar-refractivity contribution in [3.8, 4) is 23.0 Å². The Morgan fingerprint density at radius 2 is 0.921 bits per heavy atom. The molecule has 0 radical (unpaired) electrons. The highest BCUT2D eigenvalue weighted by Crippen LogP contribution is 2.20. The summed E-state index contributed by atoms with van der Waals surface area (Å²) in [6, 6.07) is 70.4. The average Bonchev–Trinajstić information content (AvgIpc) is 3.58. The van der Waals surface area contributed by atoms with Gasteiger partial charge in [0.15, 0.2) is 0 Å². The van der Waals surface area contributed by atoms with Crippen LogP contribution >= 0.6 is 0 Å². The van der Waals surface area contributed by atoms with E-state index < -0.39 is 0 Å². The van der Waals surface area contributed by atoms with Gasteiger partial charge in [-0.2, -0.15) is 4.99 Å². The van der Waals surface area contributed by atoms with Crippen LogP contribution in [0.25, 0.3) is 0 Å². The number of carbonyl (C=O) groups is 3. The van der Waals surface area contributed by atoms with Crippen LogP contribution in [-0.4, -0.2) is 68.5 Å². The van der Waals surface area contributed by atoms with Gasteiger partial charge in [-0.05, 0) is 178 Å². The van der Waals surface area contributed by atoms with Gasteiger partial charge in [0, 0.05) is 38.2 Å². The van der Waals surface area contributed by atoms with Gasteiger partial charge in [-0.1, -0.05) is 153 Å². The Hall–Kier alpha value is -9.49. The van der Waals surface area contributed by atoms with Gasteiger partial charge >= 0.3 is 18.0 Å². The highest BCUT2D eigenvalue weighted by Gasteiger charge is 2.15. The number of aliphatic imine (C=N–C) groups is 1. The lowest BCUT2D eigenvalue weighted by Gasteiger charge is -2.24. The van der Waals surface area contributed by atoms with Gasteiger partial charge in [-0.15, -0.1) is 0 Å². The molecule has 0 heterocycles. The predicted molar refractivity (Wildman–Crippen MR) is 354 cm³/mol. The summed E-state index contributed by atoms with van der Waals surface area (Å²) in [4.78, 5) is 52.4. The van der Waals surface area contributed by atoms with Crippen molar-refractivity contribution in [2.24, 2.45) is 4.99 Å². The number of urea groups is 1. The fourth-order valence-corrected chi connectivity index (χ4v) is 8.95. The number of esters is 2. The Labute approximate surface area is 527 Å². The number of benzene rings is 8. The van der Waals surface area contributed by atoms with Crippen molar-refractivity contribution in [2.75, 3.05) is 44.8 Å². The molecule has 0 unspecified atom stereocenters. The fraction of sp³-hybridized carbons (Fsp3) is 0.307. The van der Waals surface area contributed by atoms with E-state index in [-0.39, 0.29) is 45.0 Å². The standard InChI is InChI=1S/C37H42N2O5.C30H37NO4.C7H5NO.CH4/c1-2-42-34-23-21-31(22-24-34)29-44-36(40)20-12-26-43-35-19-11-16-32(27-35)28-39(37(41)38-33-17-7-4-8-18-33)25-10-9-15-30-13-5-3-6-14-30;1-2-33-28-18-16-26(17-19-28)24-35-30(32)15-9-21-34-29-14-8-13-27(22-29)23-31-20-7-6-12-25-10-4-3-5-11-25;9-6-8-7-4-2-1-3-5-7;/h3-8,11,13-14,16-19,21-24,27H,2,9-10,12,15,20,25-26,28-29H2,1H3,(H,38,41);3-5,8,10-11,13-14,16-19,22,31H,2,6-7,9,12,15,20-21,23-24H2,1H3;1-5H;1H4. The molecule has 8 aromatic rings. The lowest BCUT2D eigenvalue weighted by atomic mass is 10.1. The fourth-order valence-electron chi connectivity index (χ4n) is 8.95. The normalized spacial score (nSPS) is 10.2. The topological polar surface area (TPSA) is 163 Å². The lowest BCUT2D eigenvalue weighted by Crippen LogP contribution is -2.35. The summed E-state index contributed by atoms with van der Waals surface area (Å²) < 4.78 is 33.4. The monoisotopic (exact) mass is 1200 g/mol. The number of nitrogens with one attached hydrogen (secondary N) is 2. The van der Waals surface area contributed by atoms with Gasteiger partial charge < -0.3 is 44.0 Å². The van der Waals surface area contributed by atoms with Crippen molar-refractivity contribution in [1.82, 2.24) is 10.2 Å². The maximum Gasteiger partial charge on any atom is 0.322 e. The van der Waals surface area contributed by atoms with Gasteiger partial charge in [0.2, 0.25) is 6.08 Å². The van der Waals surface area contributed by atoms with Gasteiger partial charge in [0.05, 0.1) is 32.1 Å². The number of unbranched alkanes of at least 4 members (excludes halogenated alkanes) is 2. The summed E-state index contributed by atoms with van der Waals surface area (Å²) >= 11 is 0. The van der Waals surface area contributed by atoms with Crippen LogP contribution in [0.4, 0.5) is 16.2 Å². The molecule has 8 rings (SSSR count). The molecule has 14 nitrogen and oxygen atoms in total. The Morgan fingerprint density at radius 1 is 0.461 bits per heavy atom. The van der Waals surface area contributed by atoms with Crippen LogP contribution in [0.2, 0.25) is 0 Å². The first-order valence-electron chi connectivity index (χ1n) is 30.5. The van der Waals surface area contributed by atoms with Gasteiger partial charge in [0.25, 0.3) is 0 Å². The number of nitrogens with zero attached hydrogens (tertiary/aromatic N) is 2. The molecule has 468 valence electrons. The van der Waals surface area contributed by atoms with Crippen molar-refractivity contribution < 1.29 is 47.6 Å². The molecular formula is C75H88N4O10. The Balaban J connectivity index is 0.000000286. The maximum atomic E-state index is 13.3. The Bertz CT molecular complexity index is 3240. The average molecular weight is 1210 g/mol. The molecule has 0 aliphatic heterocycles. The predicted octanol–water partition coefficient (Wildman–Crippen LogP) is 16.4. The third-order valence-corrected chi connectivity index (χ3v) is 13.5. The molecule has 0 fully saturated rings.